The molecule has 0 saturated carbocycles. The number of rotatable bonds is 5. The minimum absolute atomic E-state index is 0.201. The van der Waals surface area contributed by atoms with Crippen LogP contribution in [0, 0.1) is 0 Å². The Morgan fingerprint density at radius 1 is 1.07 bits per heavy atom. The number of hydrogen-bond acceptors (Lipinski definition) is 5. The number of nitrogens with two attached hydrogens (primary N) is 1. The summed E-state index contributed by atoms with van der Waals surface area (Å²) in [5.74, 6) is -1.80. The van der Waals surface area contributed by atoms with Crippen molar-refractivity contribution in [3.8, 4) is 0 Å². The molecule has 0 radical (unpaired) electrons. The van der Waals surface area contributed by atoms with Crippen molar-refractivity contribution in [2.24, 2.45) is 5.73 Å². The molecule has 3 rings (SSSR count). The molecule has 3 N–H and O–H groups in total. The van der Waals surface area contributed by atoms with Crippen LogP contribution in [-0.4, -0.2) is 24.4 Å². The van der Waals surface area contributed by atoms with Crippen molar-refractivity contribution in [1.82, 2.24) is 0 Å². The number of carbonyl (C=O) groups excluding carboxylic acids is 3. The number of primary amides is 1. The first kappa shape index (κ1) is 19.2. The molecule has 2 amide bonds. The number of anilines is 1. The summed E-state index contributed by atoms with van der Waals surface area (Å²) in [6, 6.07) is 11.1. The van der Waals surface area contributed by atoms with Crippen LogP contribution in [0.5, 0.6) is 0 Å². The van der Waals surface area contributed by atoms with Gasteiger partial charge in [0.1, 0.15) is 4.88 Å². The van der Waals surface area contributed by atoms with E-state index in [0.29, 0.717) is 21.7 Å². The highest BCUT2D eigenvalue weighted by molar-refractivity contribution is 7.21. The Labute approximate surface area is 167 Å². The summed E-state index contributed by atoms with van der Waals surface area (Å²) in [6.07, 6.45) is 0. The Bertz CT molecular complexity index is 1050. The number of ether oxygens (including phenoxy) is 1. The van der Waals surface area contributed by atoms with Crippen LogP contribution >= 0.6 is 34.5 Å². The third kappa shape index (κ3) is 4.39. The number of fused-ring (bicyclic) bond motifs is 1. The molecule has 2 aromatic carbocycles. The van der Waals surface area contributed by atoms with Gasteiger partial charge in [-0.2, -0.15) is 0 Å². The molecular formula is C18H12Cl2N2O4S. The van der Waals surface area contributed by atoms with Crippen molar-refractivity contribution in [3.63, 3.8) is 0 Å². The molecule has 9 heteroatoms. The van der Waals surface area contributed by atoms with E-state index in [1.54, 1.807) is 18.2 Å². The largest absolute Gasteiger partial charge is 0.451 e. The first-order chi connectivity index (χ1) is 12.8. The van der Waals surface area contributed by atoms with Gasteiger partial charge in [0, 0.05) is 26.4 Å². The first-order valence-corrected chi connectivity index (χ1v) is 9.17. The zero-order valence-electron chi connectivity index (χ0n) is 13.6. The van der Waals surface area contributed by atoms with Gasteiger partial charge in [-0.25, -0.2) is 4.79 Å². The smallest absolute Gasteiger partial charge is 0.350 e. The monoisotopic (exact) mass is 422 g/mol. The second kappa shape index (κ2) is 7.96. The second-order valence-corrected chi connectivity index (χ2v) is 7.32. The summed E-state index contributed by atoms with van der Waals surface area (Å²) in [7, 11) is 0. The lowest BCUT2D eigenvalue weighted by molar-refractivity contribution is -0.119. The lowest BCUT2D eigenvalue weighted by Crippen LogP contribution is -2.20. The van der Waals surface area contributed by atoms with Gasteiger partial charge in [0.05, 0.1) is 5.02 Å². The Kier molecular flexibility index (Phi) is 5.65. The fraction of sp³-hybridized carbons (Fsp3) is 0.0556. The van der Waals surface area contributed by atoms with Gasteiger partial charge in [-0.3, -0.25) is 9.59 Å². The average molecular weight is 423 g/mol. The van der Waals surface area contributed by atoms with Crippen molar-refractivity contribution >= 4 is 68.1 Å². The Morgan fingerprint density at radius 3 is 2.44 bits per heavy atom. The third-order valence-corrected chi connectivity index (χ3v) is 5.44. The molecule has 1 heterocycles. The molecule has 0 saturated heterocycles. The molecule has 0 fully saturated rings. The van der Waals surface area contributed by atoms with Crippen LogP contribution in [0.4, 0.5) is 5.69 Å². The van der Waals surface area contributed by atoms with E-state index in [1.165, 1.54) is 24.3 Å². The Morgan fingerprint density at radius 2 is 1.78 bits per heavy atom. The van der Waals surface area contributed by atoms with E-state index < -0.39 is 24.4 Å². The maximum atomic E-state index is 12.2. The van der Waals surface area contributed by atoms with Crippen molar-refractivity contribution in [2.75, 3.05) is 11.9 Å². The van der Waals surface area contributed by atoms with Crippen LogP contribution in [0.1, 0.15) is 20.0 Å². The third-order valence-electron chi connectivity index (χ3n) is 3.56. The number of thiophene rings is 1. The second-order valence-electron chi connectivity index (χ2n) is 5.45. The van der Waals surface area contributed by atoms with Crippen LogP contribution in [0.15, 0.2) is 42.5 Å². The fourth-order valence-corrected chi connectivity index (χ4v) is 3.96. The maximum absolute atomic E-state index is 12.2. The van der Waals surface area contributed by atoms with Gasteiger partial charge in [0.15, 0.2) is 6.61 Å². The lowest BCUT2D eigenvalue weighted by atomic mass is 10.2. The quantitative estimate of drug-likeness (QED) is 0.604. The van der Waals surface area contributed by atoms with Crippen molar-refractivity contribution < 1.29 is 19.1 Å². The van der Waals surface area contributed by atoms with Crippen LogP contribution in [0.3, 0.4) is 0 Å². The molecule has 138 valence electrons. The van der Waals surface area contributed by atoms with E-state index in [1.807, 2.05) is 0 Å². The van der Waals surface area contributed by atoms with E-state index in [-0.39, 0.29) is 9.90 Å². The average Bonchev–Trinajstić information content (AvgIpc) is 2.96. The summed E-state index contributed by atoms with van der Waals surface area (Å²) in [6.45, 7) is -0.484. The Balaban J connectivity index is 1.62. The van der Waals surface area contributed by atoms with Gasteiger partial charge in [-0.05, 0) is 36.4 Å². The number of hydrogen-bond donors (Lipinski definition) is 2. The number of benzene rings is 2. The fourth-order valence-electron chi connectivity index (χ4n) is 2.28. The van der Waals surface area contributed by atoms with Gasteiger partial charge < -0.3 is 15.8 Å². The molecule has 3 aromatic rings. The van der Waals surface area contributed by atoms with Gasteiger partial charge in [-0.1, -0.05) is 29.3 Å². The van der Waals surface area contributed by atoms with E-state index in [0.717, 1.165) is 16.0 Å². The standard InChI is InChI=1S/C18H12Cl2N2O4S/c19-10-3-6-12-13(7-10)27-16(15(12)20)18(25)26-8-14(23)22-11-4-1-9(2-5-11)17(21)24/h1-7H,8H2,(H2,21,24)(H,22,23). The highest BCUT2D eigenvalue weighted by Crippen LogP contribution is 2.37. The van der Waals surface area contributed by atoms with E-state index in [2.05, 4.69) is 5.32 Å². The predicted molar refractivity (Wildman–Crippen MR) is 106 cm³/mol. The molecule has 0 aliphatic rings. The topological polar surface area (TPSA) is 98.5 Å². The minimum Gasteiger partial charge on any atom is -0.451 e. The summed E-state index contributed by atoms with van der Waals surface area (Å²) >= 11 is 13.3. The number of nitrogens with one attached hydrogen (secondary N) is 1. The molecule has 0 bridgehead atoms. The molecule has 6 nitrogen and oxygen atoms in total. The predicted octanol–water partition coefficient (Wildman–Crippen LogP) is 4.10. The highest BCUT2D eigenvalue weighted by atomic mass is 35.5. The molecule has 0 aliphatic carbocycles. The number of halogens is 2. The van der Waals surface area contributed by atoms with Crippen LogP contribution in [-0.2, 0) is 9.53 Å². The molecule has 0 spiro atoms. The molecule has 0 atom stereocenters. The van der Waals surface area contributed by atoms with Crippen LogP contribution in [0.25, 0.3) is 10.1 Å². The number of esters is 1. The number of amides is 2. The molecule has 0 unspecified atom stereocenters. The first-order valence-electron chi connectivity index (χ1n) is 7.59. The van der Waals surface area contributed by atoms with Crippen molar-refractivity contribution in [3.05, 3.63) is 63.0 Å². The van der Waals surface area contributed by atoms with E-state index in [9.17, 15) is 14.4 Å². The highest BCUT2D eigenvalue weighted by Gasteiger charge is 2.19. The maximum Gasteiger partial charge on any atom is 0.350 e. The zero-order chi connectivity index (χ0) is 19.6. The van der Waals surface area contributed by atoms with Crippen molar-refractivity contribution in [1.29, 1.82) is 0 Å². The zero-order valence-corrected chi connectivity index (χ0v) is 16.0. The minimum atomic E-state index is -0.698. The Hall–Kier alpha value is -2.61. The van der Waals surface area contributed by atoms with Gasteiger partial charge >= 0.3 is 5.97 Å². The van der Waals surface area contributed by atoms with E-state index in [4.69, 9.17) is 33.7 Å². The lowest BCUT2D eigenvalue weighted by Gasteiger charge is -2.06. The summed E-state index contributed by atoms with van der Waals surface area (Å²) in [4.78, 5) is 35.4. The van der Waals surface area contributed by atoms with Crippen LogP contribution < -0.4 is 11.1 Å². The number of carbonyl (C=O) groups is 3. The SMILES string of the molecule is NC(=O)c1ccc(NC(=O)COC(=O)c2sc3cc(Cl)ccc3c2Cl)cc1. The van der Waals surface area contributed by atoms with E-state index >= 15 is 0 Å². The normalized spacial score (nSPS) is 10.6. The van der Waals surface area contributed by atoms with Gasteiger partial charge in [-0.15, -0.1) is 11.3 Å². The van der Waals surface area contributed by atoms with Gasteiger partial charge in [0.25, 0.3) is 5.91 Å². The summed E-state index contributed by atoms with van der Waals surface area (Å²) < 4.78 is 5.78. The summed E-state index contributed by atoms with van der Waals surface area (Å²) in [5.41, 5.74) is 5.91. The molecule has 27 heavy (non-hydrogen) atoms. The molecular weight excluding hydrogens is 411 g/mol. The summed E-state index contributed by atoms with van der Waals surface area (Å²) in [5, 5.41) is 4.03. The van der Waals surface area contributed by atoms with Gasteiger partial charge in [0.2, 0.25) is 5.91 Å². The molecule has 1 aromatic heterocycles. The van der Waals surface area contributed by atoms with Crippen molar-refractivity contribution in [2.45, 2.75) is 0 Å². The van der Waals surface area contributed by atoms with Crippen LogP contribution in [0.2, 0.25) is 10.0 Å². The molecule has 0 aliphatic heterocycles.